The maximum Gasteiger partial charge on any atom is 0.320 e. The molecule has 0 amide bonds. The second kappa shape index (κ2) is 7.12. The number of likely N-dealkylation sites (tertiary alicyclic amines) is 1. The van der Waals surface area contributed by atoms with Crippen molar-refractivity contribution in [3.63, 3.8) is 0 Å². The Morgan fingerprint density at radius 1 is 1.28 bits per heavy atom. The first-order valence-corrected chi connectivity index (χ1v) is 9.16. The number of carbonyl (C=O) groups excluding carboxylic acids is 2. The summed E-state index contributed by atoms with van der Waals surface area (Å²) >= 11 is 0. The maximum atomic E-state index is 13.4. The number of rotatable bonds is 6. The van der Waals surface area contributed by atoms with Crippen LogP contribution in [0.4, 0.5) is 0 Å². The lowest BCUT2D eigenvalue weighted by molar-refractivity contribution is -0.176. The second-order valence-corrected chi connectivity index (χ2v) is 7.39. The molecule has 2 atom stereocenters. The third-order valence-corrected chi connectivity index (χ3v) is 5.65. The molecule has 1 aliphatic heterocycles. The van der Waals surface area contributed by atoms with Gasteiger partial charge in [-0.15, -0.1) is 6.58 Å². The molecule has 1 aliphatic carbocycles. The highest BCUT2D eigenvalue weighted by molar-refractivity contribution is 6.08. The van der Waals surface area contributed by atoms with Gasteiger partial charge in [0.1, 0.15) is 5.41 Å². The number of esters is 1. The molecule has 0 radical (unpaired) electrons. The van der Waals surface area contributed by atoms with E-state index in [2.05, 4.69) is 23.6 Å². The zero-order chi connectivity index (χ0) is 17.9. The minimum atomic E-state index is -1.01. The summed E-state index contributed by atoms with van der Waals surface area (Å²) < 4.78 is 5.34. The van der Waals surface area contributed by atoms with Gasteiger partial charge in [0.2, 0.25) is 0 Å². The zero-order valence-electron chi connectivity index (χ0n) is 15.0. The Morgan fingerprint density at radius 2 is 2.04 bits per heavy atom. The van der Waals surface area contributed by atoms with E-state index in [-0.39, 0.29) is 11.8 Å². The van der Waals surface area contributed by atoms with Crippen molar-refractivity contribution in [1.29, 1.82) is 0 Å². The number of allylic oxidation sites excluding steroid dienone is 1. The summed E-state index contributed by atoms with van der Waals surface area (Å²) in [5.74, 6) is -0.264. The van der Waals surface area contributed by atoms with Gasteiger partial charge in [-0.2, -0.15) is 0 Å². The summed E-state index contributed by atoms with van der Waals surface area (Å²) in [6.07, 6.45) is 4.75. The molecule has 1 saturated carbocycles. The molecule has 4 heteroatoms. The minimum Gasteiger partial charge on any atom is -0.465 e. The van der Waals surface area contributed by atoms with Crippen molar-refractivity contribution in [2.24, 2.45) is 10.8 Å². The van der Waals surface area contributed by atoms with Gasteiger partial charge in [-0.1, -0.05) is 42.8 Å². The summed E-state index contributed by atoms with van der Waals surface area (Å²) in [6, 6.07) is 10.2. The molecule has 3 rings (SSSR count). The number of carbonyl (C=O) groups is 2. The van der Waals surface area contributed by atoms with Crippen LogP contribution in [0, 0.1) is 10.8 Å². The summed E-state index contributed by atoms with van der Waals surface area (Å²) in [6.45, 7) is 7.85. The van der Waals surface area contributed by atoms with Gasteiger partial charge in [-0.25, -0.2) is 0 Å². The average molecular weight is 341 g/mol. The van der Waals surface area contributed by atoms with E-state index in [1.54, 1.807) is 6.92 Å². The van der Waals surface area contributed by atoms with Gasteiger partial charge < -0.3 is 4.74 Å². The molecule has 4 nitrogen and oxygen atoms in total. The molecule has 0 spiro atoms. The topological polar surface area (TPSA) is 46.6 Å². The zero-order valence-corrected chi connectivity index (χ0v) is 15.0. The van der Waals surface area contributed by atoms with Crippen LogP contribution in [0.3, 0.4) is 0 Å². The molecular weight excluding hydrogens is 314 g/mol. The monoisotopic (exact) mass is 341 g/mol. The Kier molecular flexibility index (Phi) is 5.09. The molecule has 134 valence electrons. The lowest BCUT2D eigenvalue weighted by Crippen LogP contribution is -2.64. The van der Waals surface area contributed by atoms with Crippen LogP contribution < -0.4 is 0 Å². The Bertz CT molecular complexity index is 656. The number of hydrogen-bond donors (Lipinski definition) is 0. The van der Waals surface area contributed by atoms with Crippen LogP contribution in [-0.4, -0.2) is 36.3 Å². The number of Topliss-reactive ketones (excluding diaryl/α,β-unsaturated/α-hetero) is 1. The van der Waals surface area contributed by atoms with E-state index in [0.717, 1.165) is 19.4 Å². The Balaban J connectivity index is 1.94. The highest BCUT2D eigenvalue weighted by Crippen LogP contribution is 2.50. The molecule has 1 heterocycles. The molecule has 0 N–H and O–H groups in total. The largest absolute Gasteiger partial charge is 0.465 e. The standard InChI is InChI=1S/C21H27NO3/c1-3-11-20-12-8-13-21(18(20)23,19(24)25-4-2)16-22(15-20)14-17-9-6-5-7-10-17/h3,5-7,9-10H,1,4,8,11-16H2,2H3. The number of ketones is 1. The van der Waals surface area contributed by atoms with Gasteiger partial charge in [-0.05, 0) is 31.7 Å². The van der Waals surface area contributed by atoms with Crippen molar-refractivity contribution in [2.45, 2.75) is 39.2 Å². The first kappa shape index (κ1) is 17.9. The van der Waals surface area contributed by atoms with Crippen LogP contribution in [0.25, 0.3) is 0 Å². The predicted octanol–water partition coefficient (Wildman–Crippen LogP) is 3.37. The SMILES string of the molecule is C=CCC12CCCC(C(=O)OCC)(CN(Cc3ccccc3)C1)C2=O. The second-order valence-electron chi connectivity index (χ2n) is 7.39. The Morgan fingerprint density at radius 3 is 2.72 bits per heavy atom. The highest BCUT2D eigenvalue weighted by Gasteiger charge is 2.61. The summed E-state index contributed by atoms with van der Waals surface area (Å²) in [5.41, 5.74) is -0.313. The van der Waals surface area contributed by atoms with Gasteiger partial charge >= 0.3 is 5.97 Å². The Hall–Kier alpha value is -1.94. The van der Waals surface area contributed by atoms with E-state index in [4.69, 9.17) is 4.74 Å². The fourth-order valence-corrected chi connectivity index (χ4v) is 4.65. The van der Waals surface area contributed by atoms with Crippen molar-refractivity contribution in [2.75, 3.05) is 19.7 Å². The van der Waals surface area contributed by atoms with Gasteiger partial charge in [0, 0.05) is 25.0 Å². The number of fused-ring (bicyclic) bond motifs is 2. The molecule has 1 aromatic carbocycles. The van der Waals surface area contributed by atoms with Crippen LogP contribution in [0.2, 0.25) is 0 Å². The number of nitrogens with zero attached hydrogens (tertiary/aromatic N) is 1. The molecule has 2 aliphatic rings. The van der Waals surface area contributed by atoms with E-state index in [0.29, 0.717) is 32.5 Å². The predicted molar refractivity (Wildman–Crippen MR) is 96.9 cm³/mol. The third kappa shape index (κ3) is 3.15. The molecule has 2 fully saturated rings. The molecule has 0 aromatic heterocycles. The highest BCUT2D eigenvalue weighted by atomic mass is 16.5. The normalized spacial score (nSPS) is 29.2. The van der Waals surface area contributed by atoms with E-state index in [9.17, 15) is 9.59 Å². The average Bonchev–Trinajstić information content (AvgIpc) is 2.58. The molecule has 2 bridgehead atoms. The number of hydrogen-bond acceptors (Lipinski definition) is 4. The number of benzene rings is 1. The first-order valence-electron chi connectivity index (χ1n) is 9.16. The smallest absolute Gasteiger partial charge is 0.320 e. The van der Waals surface area contributed by atoms with Crippen LogP contribution in [0.15, 0.2) is 43.0 Å². The summed E-state index contributed by atoms with van der Waals surface area (Å²) in [7, 11) is 0. The number of ether oxygens (including phenoxy) is 1. The van der Waals surface area contributed by atoms with Crippen molar-refractivity contribution in [1.82, 2.24) is 4.90 Å². The van der Waals surface area contributed by atoms with Crippen molar-refractivity contribution in [3.8, 4) is 0 Å². The number of piperidine rings is 1. The van der Waals surface area contributed by atoms with Gasteiger partial charge in [-0.3, -0.25) is 14.5 Å². The van der Waals surface area contributed by atoms with E-state index < -0.39 is 10.8 Å². The summed E-state index contributed by atoms with van der Waals surface area (Å²) in [4.78, 5) is 28.4. The molecule has 1 saturated heterocycles. The van der Waals surface area contributed by atoms with Crippen LogP contribution in [0.5, 0.6) is 0 Å². The van der Waals surface area contributed by atoms with Crippen LogP contribution in [0.1, 0.15) is 38.2 Å². The fourth-order valence-electron chi connectivity index (χ4n) is 4.65. The lowest BCUT2D eigenvalue weighted by atomic mass is 9.56. The maximum absolute atomic E-state index is 13.4. The fraction of sp³-hybridized carbons (Fsp3) is 0.524. The van der Waals surface area contributed by atoms with E-state index in [1.165, 1.54) is 5.56 Å². The van der Waals surface area contributed by atoms with Gasteiger partial charge in [0.15, 0.2) is 5.78 Å². The van der Waals surface area contributed by atoms with Crippen LogP contribution in [-0.2, 0) is 20.9 Å². The van der Waals surface area contributed by atoms with Crippen molar-refractivity contribution < 1.29 is 14.3 Å². The van der Waals surface area contributed by atoms with Crippen molar-refractivity contribution >= 4 is 11.8 Å². The quantitative estimate of drug-likeness (QED) is 0.452. The molecule has 25 heavy (non-hydrogen) atoms. The lowest BCUT2D eigenvalue weighted by Gasteiger charge is -2.53. The van der Waals surface area contributed by atoms with Gasteiger partial charge in [0.25, 0.3) is 0 Å². The third-order valence-electron chi connectivity index (χ3n) is 5.65. The van der Waals surface area contributed by atoms with E-state index in [1.807, 2.05) is 24.3 Å². The van der Waals surface area contributed by atoms with E-state index >= 15 is 0 Å². The molecule has 2 unspecified atom stereocenters. The molecule has 1 aromatic rings. The van der Waals surface area contributed by atoms with Gasteiger partial charge in [0.05, 0.1) is 6.61 Å². The van der Waals surface area contributed by atoms with Crippen molar-refractivity contribution in [3.05, 3.63) is 48.6 Å². The minimum absolute atomic E-state index is 0.0777. The summed E-state index contributed by atoms with van der Waals surface area (Å²) in [5, 5.41) is 0. The first-order chi connectivity index (χ1) is 12.1. The Labute approximate surface area is 149 Å². The van der Waals surface area contributed by atoms with Crippen LogP contribution >= 0.6 is 0 Å². The molecular formula is C21H27NO3.